The third kappa shape index (κ3) is 11.1. The highest BCUT2D eigenvalue weighted by atomic mass is 32.2. The van der Waals surface area contributed by atoms with Crippen LogP contribution in [0.15, 0.2) is 371 Å². The van der Waals surface area contributed by atoms with Gasteiger partial charge in [0.05, 0.1) is 0 Å². The topological polar surface area (TPSA) is 77.3 Å². The fourth-order valence-electron chi connectivity index (χ4n) is 14.9. The van der Waals surface area contributed by atoms with Crippen LogP contribution in [0.1, 0.15) is 0 Å². The van der Waals surface area contributed by atoms with Crippen LogP contribution in [0.4, 0.5) is 0 Å². The maximum Gasteiger partial charge on any atom is 0.164 e. The normalized spacial score (nSPS) is 12.0. The molecule has 2 aliphatic heterocycles. The molecular formula is C96H58N6S2. The average molecular weight is 1360 g/mol. The molecule has 4 heterocycles. The van der Waals surface area contributed by atoms with Crippen LogP contribution in [0.2, 0.25) is 0 Å². The number of hydrogen-bond donors (Lipinski definition) is 0. The second-order valence-corrected chi connectivity index (χ2v) is 28.6. The molecule has 16 aromatic carbocycles. The summed E-state index contributed by atoms with van der Waals surface area (Å²) in [5, 5.41) is 6.93. The number of fused-ring (bicyclic) bond motifs is 5. The van der Waals surface area contributed by atoms with E-state index in [4.69, 9.17) is 29.9 Å². The second-order valence-electron chi connectivity index (χ2n) is 26.5. The highest BCUT2D eigenvalue weighted by Gasteiger charge is 2.26. The minimum Gasteiger partial charge on any atom is -0.208 e. The lowest BCUT2D eigenvalue weighted by Gasteiger charge is -2.22. The molecule has 0 unspecified atom stereocenters. The molecule has 2 aliphatic rings. The molecule has 0 radical (unpaired) electrons. The van der Waals surface area contributed by atoms with Gasteiger partial charge in [0, 0.05) is 63.7 Å². The molecule has 484 valence electrons. The Hall–Kier alpha value is -13.0. The van der Waals surface area contributed by atoms with Gasteiger partial charge in [-0.25, -0.2) is 29.9 Å². The van der Waals surface area contributed by atoms with Crippen molar-refractivity contribution >= 4 is 55.8 Å². The first-order valence-corrected chi connectivity index (χ1v) is 36.6. The van der Waals surface area contributed by atoms with Crippen molar-refractivity contribution in [3.05, 3.63) is 352 Å². The number of benzene rings is 16. The highest BCUT2D eigenvalue weighted by Crippen LogP contribution is 2.53. The van der Waals surface area contributed by atoms with E-state index < -0.39 is 0 Å². The summed E-state index contributed by atoms with van der Waals surface area (Å²) in [6.07, 6.45) is 0. The molecule has 6 nitrogen and oxygen atoms in total. The van der Waals surface area contributed by atoms with Crippen molar-refractivity contribution in [1.82, 2.24) is 29.9 Å². The van der Waals surface area contributed by atoms with E-state index in [0.29, 0.717) is 34.9 Å². The zero-order valence-corrected chi connectivity index (χ0v) is 57.6. The quantitative estimate of drug-likeness (QED) is 0.120. The maximum absolute atomic E-state index is 5.35. The Morgan fingerprint density at radius 1 is 0.154 bits per heavy atom. The molecule has 20 rings (SSSR count). The van der Waals surface area contributed by atoms with Crippen molar-refractivity contribution < 1.29 is 0 Å². The smallest absolute Gasteiger partial charge is 0.164 e. The lowest BCUT2D eigenvalue weighted by atomic mass is 9.92. The Balaban J connectivity index is 0.579. The van der Waals surface area contributed by atoms with Gasteiger partial charge in [0.2, 0.25) is 0 Å². The Morgan fingerprint density at radius 3 is 0.913 bits per heavy atom. The summed E-state index contributed by atoms with van der Waals surface area (Å²) in [6.45, 7) is 0. The van der Waals surface area contributed by atoms with Crippen molar-refractivity contribution in [1.29, 1.82) is 0 Å². The van der Waals surface area contributed by atoms with E-state index in [1.54, 1.807) is 0 Å². The van der Waals surface area contributed by atoms with Gasteiger partial charge >= 0.3 is 0 Å². The number of hydrogen-bond acceptors (Lipinski definition) is 8. The molecule has 104 heavy (non-hydrogen) atoms. The van der Waals surface area contributed by atoms with Gasteiger partial charge in [0.15, 0.2) is 34.9 Å². The molecule has 0 N–H and O–H groups in total. The van der Waals surface area contributed by atoms with E-state index in [0.717, 1.165) is 88.3 Å². The summed E-state index contributed by atoms with van der Waals surface area (Å²) in [5.41, 5.74) is 24.5. The first-order chi connectivity index (χ1) is 51.5. The van der Waals surface area contributed by atoms with Crippen molar-refractivity contribution in [2.75, 3.05) is 0 Å². The van der Waals surface area contributed by atoms with Crippen LogP contribution in [-0.4, -0.2) is 29.9 Å². The van der Waals surface area contributed by atoms with E-state index >= 15 is 0 Å². The van der Waals surface area contributed by atoms with Gasteiger partial charge in [-0.2, -0.15) is 0 Å². The molecule has 0 saturated carbocycles. The third-order valence-electron chi connectivity index (χ3n) is 20.2. The number of nitrogens with zero attached hydrogens (tertiary/aromatic N) is 6. The summed E-state index contributed by atoms with van der Waals surface area (Å²) < 4.78 is 0. The molecule has 18 aromatic rings. The van der Waals surface area contributed by atoms with E-state index in [1.807, 2.05) is 47.8 Å². The molecular weight excluding hydrogens is 1300 g/mol. The van der Waals surface area contributed by atoms with Crippen LogP contribution >= 0.6 is 23.5 Å². The maximum atomic E-state index is 5.35. The fourth-order valence-corrected chi connectivity index (χ4v) is 17.3. The Bertz CT molecular complexity index is 6440. The summed E-state index contributed by atoms with van der Waals surface area (Å²) in [5.74, 6) is 3.78. The molecule has 0 atom stereocenters. The van der Waals surface area contributed by atoms with Gasteiger partial charge in [0.25, 0.3) is 0 Å². The minimum absolute atomic E-state index is 0.615. The zero-order valence-electron chi connectivity index (χ0n) is 56.0. The SMILES string of the molecule is c1ccc(-c2ccc(-c3nc(-c4ccccc4)nc(-c4ccc5c6c(cccc46)-c4ccc(-c6cccc(-c7ccc(-c8ccc(-c9nc(-c%10ccc%11ccccc%11c%10)nc(-c%10ccc%11c%12c(cccc%10%12)-c%10ccc(-c%12cccc(-c%13ccccc%13)c%12)cc%10S%11)n9)cc8)cc7)c6)cc4S5)n3)cc2)cc1. The van der Waals surface area contributed by atoms with E-state index in [2.05, 4.69) is 328 Å². The molecule has 0 bridgehead atoms. The zero-order chi connectivity index (χ0) is 68.6. The molecule has 0 fully saturated rings. The van der Waals surface area contributed by atoms with Gasteiger partial charge < -0.3 is 0 Å². The first-order valence-electron chi connectivity index (χ1n) is 34.9. The lowest BCUT2D eigenvalue weighted by Crippen LogP contribution is -2.01. The van der Waals surface area contributed by atoms with Crippen molar-refractivity contribution in [3.63, 3.8) is 0 Å². The highest BCUT2D eigenvalue weighted by molar-refractivity contribution is 8.00. The summed E-state index contributed by atoms with van der Waals surface area (Å²) in [4.78, 5) is 36.3. The second kappa shape index (κ2) is 25.6. The van der Waals surface area contributed by atoms with Crippen molar-refractivity contribution in [2.45, 2.75) is 19.6 Å². The van der Waals surface area contributed by atoms with Crippen LogP contribution in [-0.2, 0) is 0 Å². The van der Waals surface area contributed by atoms with Crippen LogP contribution < -0.4 is 0 Å². The summed E-state index contributed by atoms with van der Waals surface area (Å²) in [7, 11) is 0. The largest absolute Gasteiger partial charge is 0.208 e. The molecule has 8 heteroatoms. The number of aromatic nitrogens is 6. The van der Waals surface area contributed by atoms with Gasteiger partial charge in [0.1, 0.15) is 0 Å². The predicted octanol–water partition coefficient (Wildman–Crippen LogP) is 25.8. The van der Waals surface area contributed by atoms with Crippen molar-refractivity contribution in [3.8, 4) is 157 Å². The van der Waals surface area contributed by atoms with Gasteiger partial charge in [-0.15, -0.1) is 0 Å². The van der Waals surface area contributed by atoms with Gasteiger partial charge in [-0.05, 0) is 165 Å². The Kier molecular flexibility index (Phi) is 15.0. The Morgan fingerprint density at radius 2 is 0.452 bits per heavy atom. The molecule has 0 saturated heterocycles. The van der Waals surface area contributed by atoms with E-state index in [1.165, 1.54) is 86.0 Å². The van der Waals surface area contributed by atoms with E-state index in [-0.39, 0.29) is 0 Å². The molecule has 0 spiro atoms. The molecule has 0 aliphatic carbocycles. The van der Waals surface area contributed by atoms with Crippen LogP contribution in [0.5, 0.6) is 0 Å². The van der Waals surface area contributed by atoms with Crippen LogP contribution in [0.3, 0.4) is 0 Å². The van der Waals surface area contributed by atoms with Crippen LogP contribution in [0, 0.1) is 0 Å². The molecule has 0 amide bonds. The Labute approximate surface area is 610 Å². The van der Waals surface area contributed by atoms with Crippen LogP contribution in [0.25, 0.3) is 190 Å². The minimum atomic E-state index is 0.615. The van der Waals surface area contributed by atoms with Crippen molar-refractivity contribution in [2.24, 2.45) is 0 Å². The van der Waals surface area contributed by atoms with E-state index in [9.17, 15) is 0 Å². The summed E-state index contributed by atoms with van der Waals surface area (Å²) >= 11 is 3.66. The third-order valence-corrected chi connectivity index (χ3v) is 22.5. The fraction of sp³-hybridized carbons (Fsp3) is 0. The monoisotopic (exact) mass is 1360 g/mol. The average Bonchev–Trinajstić information content (AvgIpc) is 0.738. The van der Waals surface area contributed by atoms with Gasteiger partial charge in [-0.1, -0.05) is 321 Å². The summed E-state index contributed by atoms with van der Waals surface area (Å²) in [6, 6.07) is 126. The predicted molar refractivity (Wildman–Crippen MR) is 430 cm³/mol. The van der Waals surface area contributed by atoms with Gasteiger partial charge in [-0.3, -0.25) is 0 Å². The lowest BCUT2D eigenvalue weighted by molar-refractivity contribution is 1.08. The number of rotatable bonds is 12. The first kappa shape index (κ1) is 60.9. The standard InChI is InChI=1S/C96H58N6S2/c1-4-16-59(17-5-1)62-36-41-67(42-37-62)92-97-91(66-21-8-3-9-22-66)99-95(100-92)83-50-52-85-89-79(28-14-30-81(83)89)78-49-47-75(58-88(78)103-85)73-27-13-25-71(55-73)65-34-32-63(33-35-65)64-38-43-68(44-39-64)93-98-94(76-45-40-61-20-10-11-23-69(61)56-76)102-96(101-93)84-51-53-86-90-80(29-15-31-82(84)90)77-48-46-74(57-87(77)104-86)72-26-12-24-70(54-72)60-18-6-2-7-19-60/h1-58H. The molecule has 2 aromatic heterocycles.